The Kier molecular flexibility index (Phi) is 5.18. The monoisotopic (exact) mass is 274 g/mol. The Labute approximate surface area is 122 Å². The molecule has 0 bridgehead atoms. The third kappa shape index (κ3) is 3.40. The third-order valence-corrected chi connectivity index (χ3v) is 4.52. The van der Waals surface area contributed by atoms with Crippen LogP contribution in [0.25, 0.3) is 0 Å². The van der Waals surface area contributed by atoms with E-state index in [1.165, 1.54) is 5.56 Å². The fourth-order valence-electron chi connectivity index (χ4n) is 2.91. The minimum atomic E-state index is -0.351. The summed E-state index contributed by atoms with van der Waals surface area (Å²) >= 11 is 0. The molecule has 1 unspecified atom stereocenters. The highest BCUT2D eigenvalue weighted by Gasteiger charge is 2.33. The molecular weight excluding hydrogens is 248 g/mol. The van der Waals surface area contributed by atoms with Gasteiger partial charge in [-0.2, -0.15) is 0 Å². The summed E-state index contributed by atoms with van der Waals surface area (Å²) in [5.41, 5.74) is 7.42. The summed E-state index contributed by atoms with van der Waals surface area (Å²) in [5.74, 6) is 0.387. The van der Waals surface area contributed by atoms with E-state index in [2.05, 4.69) is 38.1 Å². The van der Waals surface area contributed by atoms with E-state index in [4.69, 9.17) is 5.73 Å². The van der Waals surface area contributed by atoms with Crippen molar-refractivity contribution in [2.24, 2.45) is 11.7 Å². The SMILES string of the molecule is CC[C@H](C)[C@H](N)C(=O)N1CCCC1Cc1ccccc1. The molecule has 0 aromatic heterocycles. The molecular formula is C17H26N2O. The molecule has 1 aromatic carbocycles. The number of nitrogens with two attached hydrogens (primary N) is 1. The lowest BCUT2D eigenvalue weighted by atomic mass is 9.97. The van der Waals surface area contributed by atoms with Gasteiger partial charge in [0.15, 0.2) is 0 Å². The molecule has 1 saturated heterocycles. The topological polar surface area (TPSA) is 46.3 Å². The van der Waals surface area contributed by atoms with Gasteiger partial charge in [-0.25, -0.2) is 0 Å². The molecule has 3 atom stereocenters. The molecule has 2 N–H and O–H groups in total. The Morgan fingerprint density at radius 1 is 1.40 bits per heavy atom. The number of carbonyl (C=O) groups is 1. The highest BCUT2D eigenvalue weighted by Crippen LogP contribution is 2.23. The molecule has 0 spiro atoms. The zero-order valence-corrected chi connectivity index (χ0v) is 12.6. The first-order valence-electron chi connectivity index (χ1n) is 7.73. The molecule has 2 rings (SSSR count). The number of hydrogen-bond acceptors (Lipinski definition) is 2. The third-order valence-electron chi connectivity index (χ3n) is 4.52. The minimum Gasteiger partial charge on any atom is -0.338 e. The van der Waals surface area contributed by atoms with Gasteiger partial charge in [0.1, 0.15) is 0 Å². The second-order valence-electron chi connectivity index (χ2n) is 5.93. The zero-order chi connectivity index (χ0) is 14.5. The van der Waals surface area contributed by atoms with E-state index in [1.807, 2.05) is 11.0 Å². The van der Waals surface area contributed by atoms with E-state index in [1.54, 1.807) is 0 Å². The van der Waals surface area contributed by atoms with Crippen LogP contribution in [0.15, 0.2) is 30.3 Å². The van der Waals surface area contributed by atoms with Gasteiger partial charge in [0.25, 0.3) is 0 Å². The molecule has 1 aliphatic rings. The van der Waals surface area contributed by atoms with Gasteiger partial charge in [-0.05, 0) is 30.7 Å². The Bertz CT molecular complexity index is 432. The molecule has 1 amide bonds. The van der Waals surface area contributed by atoms with Gasteiger partial charge in [0.2, 0.25) is 5.91 Å². The van der Waals surface area contributed by atoms with Gasteiger partial charge in [-0.15, -0.1) is 0 Å². The van der Waals surface area contributed by atoms with Crippen LogP contribution >= 0.6 is 0 Å². The van der Waals surface area contributed by atoms with Gasteiger partial charge in [-0.3, -0.25) is 4.79 Å². The van der Waals surface area contributed by atoms with Crippen molar-refractivity contribution in [1.82, 2.24) is 4.90 Å². The van der Waals surface area contributed by atoms with Gasteiger partial charge in [-0.1, -0.05) is 50.6 Å². The summed E-state index contributed by atoms with van der Waals surface area (Å²) in [6.45, 7) is 5.01. The van der Waals surface area contributed by atoms with Crippen LogP contribution in [0.2, 0.25) is 0 Å². The van der Waals surface area contributed by atoms with Crippen LogP contribution in [0.3, 0.4) is 0 Å². The number of benzene rings is 1. The molecule has 1 aliphatic heterocycles. The molecule has 0 radical (unpaired) electrons. The minimum absolute atomic E-state index is 0.137. The van der Waals surface area contributed by atoms with Crippen LogP contribution in [0.5, 0.6) is 0 Å². The fourth-order valence-corrected chi connectivity index (χ4v) is 2.91. The van der Waals surface area contributed by atoms with Crippen molar-refractivity contribution >= 4 is 5.91 Å². The van der Waals surface area contributed by atoms with E-state index in [0.29, 0.717) is 6.04 Å². The van der Waals surface area contributed by atoms with E-state index in [9.17, 15) is 4.79 Å². The first-order chi connectivity index (χ1) is 9.63. The second kappa shape index (κ2) is 6.89. The number of nitrogens with zero attached hydrogens (tertiary/aromatic N) is 1. The van der Waals surface area contributed by atoms with Crippen LogP contribution in [-0.4, -0.2) is 29.4 Å². The van der Waals surface area contributed by atoms with Crippen LogP contribution in [0, 0.1) is 5.92 Å². The van der Waals surface area contributed by atoms with Crippen molar-refractivity contribution in [3.05, 3.63) is 35.9 Å². The van der Waals surface area contributed by atoms with E-state index < -0.39 is 0 Å². The van der Waals surface area contributed by atoms with Crippen molar-refractivity contribution in [3.8, 4) is 0 Å². The Morgan fingerprint density at radius 3 is 2.75 bits per heavy atom. The Hall–Kier alpha value is -1.35. The highest BCUT2D eigenvalue weighted by molar-refractivity contribution is 5.82. The molecule has 0 saturated carbocycles. The predicted molar refractivity (Wildman–Crippen MR) is 82.3 cm³/mol. The fraction of sp³-hybridized carbons (Fsp3) is 0.588. The van der Waals surface area contributed by atoms with Crippen molar-refractivity contribution in [3.63, 3.8) is 0 Å². The number of carbonyl (C=O) groups excluding carboxylic acids is 1. The lowest BCUT2D eigenvalue weighted by Crippen LogP contribution is -2.49. The smallest absolute Gasteiger partial charge is 0.240 e. The molecule has 0 aliphatic carbocycles. The van der Waals surface area contributed by atoms with Crippen molar-refractivity contribution in [2.45, 2.75) is 51.6 Å². The van der Waals surface area contributed by atoms with Crippen LogP contribution in [0.1, 0.15) is 38.7 Å². The molecule has 1 aromatic rings. The number of likely N-dealkylation sites (tertiary alicyclic amines) is 1. The van der Waals surface area contributed by atoms with Crippen LogP contribution < -0.4 is 5.73 Å². The maximum absolute atomic E-state index is 12.5. The predicted octanol–water partition coefficient (Wildman–Crippen LogP) is 2.59. The number of rotatable bonds is 5. The zero-order valence-electron chi connectivity index (χ0n) is 12.6. The molecule has 3 nitrogen and oxygen atoms in total. The summed E-state index contributed by atoms with van der Waals surface area (Å²) in [4.78, 5) is 14.6. The first kappa shape index (κ1) is 15.0. The Balaban J connectivity index is 2.02. The molecule has 110 valence electrons. The first-order valence-corrected chi connectivity index (χ1v) is 7.73. The average molecular weight is 274 g/mol. The van der Waals surface area contributed by atoms with E-state index in [0.717, 1.165) is 32.2 Å². The summed E-state index contributed by atoms with van der Waals surface area (Å²) in [5, 5.41) is 0. The van der Waals surface area contributed by atoms with Crippen molar-refractivity contribution in [1.29, 1.82) is 0 Å². The summed E-state index contributed by atoms with van der Waals surface area (Å²) in [6.07, 6.45) is 4.08. The number of hydrogen-bond donors (Lipinski definition) is 1. The lowest BCUT2D eigenvalue weighted by Gasteiger charge is -2.29. The van der Waals surface area contributed by atoms with Crippen molar-refractivity contribution < 1.29 is 4.79 Å². The summed E-state index contributed by atoms with van der Waals surface area (Å²) in [6, 6.07) is 10.4. The molecule has 1 heterocycles. The average Bonchev–Trinajstić information content (AvgIpc) is 2.94. The maximum Gasteiger partial charge on any atom is 0.240 e. The normalized spacial score (nSPS) is 21.8. The van der Waals surface area contributed by atoms with Gasteiger partial charge >= 0.3 is 0 Å². The van der Waals surface area contributed by atoms with Gasteiger partial charge in [0, 0.05) is 12.6 Å². The van der Waals surface area contributed by atoms with Gasteiger partial charge in [0.05, 0.1) is 6.04 Å². The molecule has 1 fully saturated rings. The van der Waals surface area contributed by atoms with E-state index in [-0.39, 0.29) is 17.9 Å². The molecule has 20 heavy (non-hydrogen) atoms. The lowest BCUT2D eigenvalue weighted by molar-refractivity contribution is -0.134. The van der Waals surface area contributed by atoms with Crippen LogP contribution in [0.4, 0.5) is 0 Å². The second-order valence-corrected chi connectivity index (χ2v) is 5.93. The maximum atomic E-state index is 12.5. The summed E-state index contributed by atoms with van der Waals surface area (Å²) in [7, 11) is 0. The quantitative estimate of drug-likeness (QED) is 0.897. The number of amides is 1. The van der Waals surface area contributed by atoms with Gasteiger partial charge < -0.3 is 10.6 Å². The van der Waals surface area contributed by atoms with E-state index >= 15 is 0 Å². The van der Waals surface area contributed by atoms with Crippen molar-refractivity contribution in [2.75, 3.05) is 6.54 Å². The highest BCUT2D eigenvalue weighted by atomic mass is 16.2. The Morgan fingerprint density at radius 2 is 2.10 bits per heavy atom. The largest absolute Gasteiger partial charge is 0.338 e. The summed E-state index contributed by atoms with van der Waals surface area (Å²) < 4.78 is 0. The van der Waals surface area contributed by atoms with Crippen LogP contribution in [-0.2, 0) is 11.2 Å². The molecule has 3 heteroatoms. The standard InChI is InChI=1S/C17H26N2O/c1-3-13(2)16(18)17(20)19-11-7-10-15(19)12-14-8-5-4-6-9-14/h4-6,8-9,13,15-16H,3,7,10-12,18H2,1-2H3/t13-,15?,16-/m0/s1.